The molecule has 5 heteroatoms. The number of hydrogen-bond donors (Lipinski definition) is 1. The van der Waals surface area contributed by atoms with Crippen LogP contribution in [0, 0.1) is 0 Å². The van der Waals surface area contributed by atoms with Crippen LogP contribution in [0.1, 0.15) is 25.6 Å². The van der Waals surface area contributed by atoms with Gasteiger partial charge in [0.1, 0.15) is 0 Å². The molecule has 1 saturated heterocycles. The molecule has 4 unspecified atom stereocenters. The normalized spacial score (nSPS) is 31.1. The molecular formula is C12H19N3S2. The quantitative estimate of drug-likeness (QED) is 0.912. The van der Waals surface area contributed by atoms with Crippen molar-refractivity contribution in [2.45, 2.75) is 35.6 Å². The minimum atomic E-state index is 0.302. The summed E-state index contributed by atoms with van der Waals surface area (Å²) in [6.45, 7) is 4.63. The molecular weight excluding hydrogens is 250 g/mol. The van der Waals surface area contributed by atoms with Crippen LogP contribution in [0.5, 0.6) is 0 Å². The lowest BCUT2D eigenvalue weighted by atomic mass is 10.1. The van der Waals surface area contributed by atoms with Gasteiger partial charge >= 0.3 is 0 Å². The molecule has 0 radical (unpaired) electrons. The molecule has 0 bridgehead atoms. The van der Waals surface area contributed by atoms with E-state index in [2.05, 4.69) is 52.7 Å². The van der Waals surface area contributed by atoms with Crippen molar-refractivity contribution in [2.75, 3.05) is 12.8 Å². The van der Waals surface area contributed by atoms with Crippen LogP contribution in [0.2, 0.25) is 0 Å². The van der Waals surface area contributed by atoms with Gasteiger partial charge in [0.2, 0.25) is 0 Å². The molecule has 0 aliphatic carbocycles. The largest absolute Gasteiger partial charge is 0.311 e. The van der Waals surface area contributed by atoms with E-state index >= 15 is 0 Å². The molecule has 2 heterocycles. The Morgan fingerprint density at radius 3 is 2.76 bits per heavy atom. The molecule has 1 aliphatic heterocycles. The molecule has 2 rings (SSSR count). The Kier molecular flexibility index (Phi) is 4.70. The number of nitrogens with zero attached hydrogens (tertiary/aromatic N) is 2. The monoisotopic (exact) mass is 269 g/mol. The Labute approximate surface area is 112 Å². The van der Waals surface area contributed by atoms with E-state index in [0.717, 1.165) is 10.9 Å². The van der Waals surface area contributed by atoms with Gasteiger partial charge in [0.05, 0.1) is 17.9 Å². The van der Waals surface area contributed by atoms with E-state index in [9.17, 15) is 0 Å². The molecule has 0 spiro atoms. The fourth-order valence-corrected chi connectivity index (χ4v) is 5.12. The molecule has 1 aromatic rings. The highest BCUT2D eigenvalue weighted by atomic mass is 32.2. The lowest BCUT2D eigenvalue weighted by Crippen LogP contribution is -2.36. The second kappa shape index (κ2) is 6.07. The molecule has 94 valence electrons. The van der Waals surface area contributed by atoms with Crippen molar-refractivity contribution in [2.24, 2.45) is 0 Å². The van der Waals surface area contributed by atoms with Crippen molar-refractivity contribution in [3.8, 4) is 0 Å². The van der Waals surface area contributed by atoms with Crippen LogP contribution in [0.3, 0.4) is 0 Å². The molecule has 1 fully saturated rings. The predicted molar refractivity (Wildman–Crippen MR) is 76.6 cm³/mol. The van der Waals surface area contributed by atoms with Crippen LogP contribution in [0.4, 0.5) is 0 Å². The Morgan fingerprint density at radius 1 is 1.35 bits per heavy atom. The van der Waals surface area contributed by atoms with Crippen molar-refractivity contribution in [1.82, 2.24) is 15.3 Å². The van der Waals surface area contributed by atoms with E-state index in [1.807, 2.05) is 13.2 Å². The maximum absolute atomic E-state index is 4.42. The summed E-state index contributed by atoms with van der Waals surface area (Å²) < 4.78 is 0. The zero-order valence-electron chi connectivity index (χ0n) is 10.5. The summed E-state index contributed by atoms with van der Waals surface area (Å²) >= 11 is 4.13. The highest BCUT2D eigenvalue weighted by Crippen LogP contribution is 2.40. The van der Waals surface area contributed by atoms with Gasteiger partial charge < -0.3 is 5.32 Å². The summed E-state index contributed by atoms with van der Waals surface area (Å²) in [5, 5.41) is 5.41. The first-order valence-electron chi connectivity index (χ1n) is 5.92. The Morgan fingerprint density at radius 2 is 2.18 bits per heavy atom. The molecule has 0 saturated carbocycles. The first-order valence-corrected chi connectivity index (χ1v) is 7.91. The van der Waals surface area contributed by atoms with Crippen LogP contribution in [0.25, 0.3) is 0 Å². The smallest absolute Gasteiger partial charge is 0.0767 e. The summed E-state index contributed by atoms with van der Waals surface area (Å²) in [5.41, 5.74) is 1.05. The van der Waals surface area contributed by atoms with Gasteiger partial charge in [-0.2, -0.15) is 23.5 Å². The molecule has 1 aromatic heterocycles. The summed E-state index contributed by atoms with van der Waals surface area (Å²) in [5.74, 6) is 1.18. The van der Waals surface area contributed by atoms with Crippen LogP contribution in [0.15, 0.2) is 18.6 Å². The minimum absolute atomic E-state index is 0.302. The van der Waals surface area contributed by atoms with E-state index in [4.69, 9.17) is 0 Å². The first-order chi connectivity index (χ1) is 8.22. The molecule has 17 heavy (non-hydrogen) atoms. The molecule has 3 nitrogen and oxygen atoms in total. The number of nitrogens with one attached hydrogen (secondary N) is 1. The first kappa shape index (κ1) is 13.2. The third-order valence-corrected chi connectivity index (χ3v) is 6.65. The van der Waals surface area contributed by atoms with Crippen molar-refractivity contribution >= 4 is 23.5 Å². The molecule has 0 amide bonds. The van der Waals surface area contributed by atoms with E-state index < -0.39 is 0 Å². The van der Waals surface area contributed by atoms with Gasteiger partial charge in [-0.25, -0.2) is 0 Å². The van der Waals surface area contributed by atoms with Gasteiger partial charge in [0, 0.05) is 33.9 Å². The van der Waals surface area contributed by atoms with Gasteiger partial charge in [-0.15, -0.1) is 0 Å². The maximum Gasteiger partial charge on any atom is 0.0767 e. The molecule has 0 aromatic carbocycles. The SMILES string of the molecule is CNC(c1cnccn1)C1CSC(C)C(C)S1. The Bertz CT molecular complexity index is 347. The number of thioether (sulfide) groups is 2. The highest BCUT2D eigenvalue weighted by molar-refractivity contribution is 8.07. The van der Waals surface area contributed by atoms with Crippen molar-refractivity contribution in [3.63, 3.8) is 0 Å². The fraction of sp³-hybridized carbons (Fsp3) is 0.667. The Balaban J connectivity index is 2.09. The summed E-state index contributed by atoms with van der Waals surface area (Å²) in [6.07, 6.45) is 5.37. The van der Waals surface area contributed by atoms with E-state index in [1.165, 1.54) is 5.75 Å². The minimum Gasteiger partial charge on any atom is -0.311 e. The lowest BCUT2D eigenvalue weighted by molar-refractivity contribution is 0.570. The van der Waals surface area contributed by atoms with Crippen LogP contribution in [-0.2, 0) is 0 Å². The van der Waals surface area contributed by atoms with Gasteiger partial charge in [0.15, 0.2) is 0 Å². The number of aromatic nitrogens is 2. The predicted octanol–water partition coefficient (Wildman–Crippen LogP) is 2.36. The third kappa shape index (κ3) is 3.14. The van der Waals surface area contributed by atoms with E-state index in [0.29, 0.717) is 16.5 Å². The highest BCUT2D eigenvalue weighted by Gasteiger charge is 2.31. The molecule has 1 N–H and O–H groups in total. The van der Waals surface area contributed by atoms with Gasteiger partial charge in [-0.3, -0.25) is 9.97 Å². The number of rotatable bonds is 3. The van der Waals surface area contributed by atoms with Gasteiger partial charge in [-0.1, -0.05) is 13.8 Å². The molecule has 1 aliphatic rings. The maximum atomic E-state index is 4.42. The van der Waals surface area contributed by atoms with Gasteiger partial charge in [-0.05, 0) is 7.05 Å². The number of hydrogen-bond acceptors (Lipinski definition) is 5. The van der Waals surface area contributed by atoms with Crippen molar-refractivity contribution in [3.05, 3.63) is 24.3 Å². The third-order valence-electron chi connectivity index (χ3n) is 3.16. The van der Waals surface area contributed by atoms with Crippen LogP contribution >= 0.6 is 23.5 Å². The lowest BCUT2D eigenvalue weighted by Gasteiger charge is -2.35. The zero-order chi connectivity index (χ0) is 12.3. The Hall–Kier alpha value is -0.260. The summed E-state index contributed by atoms with van der Waals surface area (Å²) in [6, 6.07) is 0.302. The standard InChI is InChI=1S/C12H19N3S2/c1-8-9(2)17-11(7-16-8)12(13-3)10-6-14-4-5-15-10/h4-6,8-9,11-13H,7H2,1-3H3. The second-order valence-electron chi connectivity index (χ2n) is 4.31. The summed E-state index contributed by atoms with van der Waals surface area (Å²) in [7, 11) is 2.01. The summed E-state index contributed by atoms with van der Waals surface area (Å²) in [4.78, 5) is 8.59. The van der Waals surface area contributed by atoms with Crippen molar-refractivity contribution in [1.29, 1.82) is 0 Å². The van der Waals surface area contributed by atoms with Crippen LogP contribution in [-0.4, -0.2) is 38.5 Å². The van der Waals surface area contributed by atoms with Gasteiger partial charge in [0.25, 0.3) is 0 Å². The topological polar surface area (TPSA) is 37.8 Å². The fourth-order valence-electron chi connectivity index (χ4n) is 1.98. The molecule has 4 atom stereocenters. The average Bonchev–Trinajstić information content (AvgIpc) is 2.36. The van der Waals surface area contributed by atoms with Crippen LogP contribution < -0.4 is 5.32 Å². The van der Waals surface area contributed by atoms with E-state index in [-0.39, 0.29) is 0 Å². The van der Waals surface area contributed by atoms with Crippen molar-refractivity contribution < 1.29 is 0 Å². The second-order valence-corrected chi connectivity index (χ2v) is 7.35. The zero-order valence-corrected chi connectivity index (χ0v) is 12.1. The average molecular weight is 269 g/mol. The van der Waals surface area contributed by atoms with E-state index in [1.54, 1.807) is 12.4 Å².